The van der Waals surface area contributed by atoms with Crippen molar-refractivity contribution in [1.29, 1.82) is 0 Å². The highest BCUT2D eigenvalue weighted by Crippen LogP contribution is 2.22. The average molecular weight is 243 g/mol. The number of anilines is 1. The number of ether oxygens (including phenoxy) is 1. The Morgan fingerprint density at radius 3 is 2.81 bits per heavy atom. The van der Waals surface area contributed by atoms with Crippen LogP contribution in [-0.2, 0) is 4.74 Å². The van der Waals surface area contributed by atoms with Gasteiger partial charge in [0.05, 0.1) is 12.7 Å². The number of rotatable bonds is 6. The predicted octanol–water partition coefficient (Wildman–Crippen LogP) is 2.31. The summed E-state index contributed by atoms with van der Waals surface area (Å²) in [5.74, 6) is -0.872. The molecule has 0 spiro atoms. The summed E-state index contributed by atoms with van der Waals surface area (Å²) in [5, 5.41) is 10.6. The Kier molecular flexibility index (Phi) is 4.76. The first kappa shape index (κ1) is 13.0. The summed E-state index contributed by atoms with van der Waals surface area (Å²) >= 11 is 1.24. The molecule has 0 aliphatic rings. The van der Waals surface area contributed by atoms with Crippen LogP contribution in [0.1, 0.15) is 23.5 Å². The summed E-state index contributed by atoms with van der Waals surface area (Å²) in [6.07, 6.45) is 0.227. The van der Waals surface area contributed by atoms with E-state index < -0.39 is 5.97 Å². The zero-order valence-electron chi connectivity index (χ0n) is 9.77. The smallest absolute Gasteiger partial charge is 0.345 e. The third-order valence-electron chi connectivity index (χ3n) is 2.12. The van der Waals surface area contributed by atoms with Gasteiger partial charge in [-0.3, -0.25) is 0 Å². The van der Waals surface area contributed by atoms with Crippen LogP contribution in [0.2, 0.25) is 0 Å². The van der Waals surface area contributed by atoms with Crippen LogP contribution in [0.3, 0.4) is 0 Å². The molecule has 0 aromatic carbocycles. The van der Waals surface area contributed by atoms with Crippen LogP contribution in [0, 0.1) is 0 Å². The first-order chi connectivity index (χ1) is 7.50. The standard InChI is InChI=1S/C11H17NO3S/c1-8(2)15-5-4-12(3)9-6-10(11(13)14)16-7-9/h6-8H,4-5H2,1-3H3,(H,13,14). The first-order valence-corrected chi connectivity index (χ1v) is 6.03. The summed E-state index contributed by atoms with van der Waals surface area (Å²) in [5.41, 5.74) is 0.926. The van der Waals surface area contributed by atoms with Gasteiger partial charge in [0.15, 0.2) is 0 Å². The SMILES string of the molecule is CC(C)OCCN(C)c1csc(C(=O)O)c1. The van der Waals surface area contributed by atoms with Crippen LogP contribution in [0.4, 0.5) is 5.69 Å². The van der Waals surface area contributed by atoms with E-state index in [1.54, 1.807) is 6.07 Å². The number of carbonyl (C=O) groups is 1. The normalized spacial score (nSPS) is 10.8. The molecule has 1 heterocycles. The first-order valence-electron chi connectivity index (χ1n) is 5.15. The number of hydrogen-bond donors (Lipinski definition) is 1. The van der Waals surface area contributed by atoms with Crippen LogP contribution in [0.15, 0.2) is 11.4 Å². The van der Waals surface area contributed by atoms with E-state index in [4.69, 9.17) is 9.84 Å². The minimum Gasteiger partial charge on any atom is -0.477 e. The fraction of sp³-hybridized carbons (Fsp3) is 0.545. The van der Waals surface area contributed by atoms with Crippen molar-refractivity contribution < 1.29 is 14.6 Å². The van der Waals surface area contributed by atoms with Crippen LogP contribution >= 0.6 is 11.3 Å². The highest BCUT2D eigenvalue weighted by Gasteiger charge is 2.09. The lowest BCUT2D eigenvalue weighted by Crippen LogP contribution is -2.23. The fourth-order valence-corrected chi connectivity index (χ4v) is 1.98. The zero-order chi connectivity index (χ0) is 12.1. The number of carboxylic acids is 1. The van der Waals surface area contributed by atoms with Crippen molar-refractivity contribution in [1.82, 2.24) is 0 Å². The van der Waals surface area contributed by atoms with Crippen LogP contribution in [-0.4, -0.2) is 37.4 Å². The van der Waals surface area contributed by atoms with Gasteiger partial charge in [-0.2, -0.15) is 0 Å². The third-order valence-corrected chi connectivity index (χ3v) is 3.02. The number of thiophene rings is 1. The van der Waals surface area contributed by atoms with Gasteiger partial charge in [0, 0.05) is 24.7 Å². The van der Waals surface area contributed by atoms with Gasteiger partial charge >= 0.3 is 5.97 Å². The van der Waals surface area contributed by atoms with Crippen LogP contribution in [0.5, 0.6) is 0 Å². The highest BCUT2D eigenvalue weighted by molar-refractivity contribution is 7.12. The van der Waals surface area contributed by atoms with Crippen molar-refractivity contribution in [2.24, 2.45) is 0 Å². The Morgan fingerprint density at radius 2 is 2.31 bits per heavy atom. The van der Waals surface area contributed by atoms with Gasteiger partial charge in [0.25, 0.3) is 0 Å². The van der Waals surface area contributed by atoms with Gasteiger partial charge in [0.1, 0.15) is 4.88 Å². The van der Waals surface area contributed by atoms with Gasteiger partial charge in [-0.25, -0.2) is 4.79 Å². The Hall–Kier alpha value is -1.07. The highest BCUT2D eigenvalue weighted by atomic mass is 32.1. The van der Waals surface area contributed by atoms with E-state index in [1.807, 2.05) is 31.2 Å². The van der Waals surface area contributed by atoms with Crippen molar-refractivity contribution in [3.05, 3.63) is 16.3 Å². The van der Waals surface area contributed by atoms with E-state index in [2.05, 4.69) is 0 Å². The van der Waals surface area contributed by atoms with Crippen molar-refractivity contribution in [2.75, 3.05) is 25.1 Å². The second kappa shape index (κ2) is 5.86. The topological polar surface area (TPSA) is 49.8 Å². The van der Waals surface area contributed by atoms with Gasteiger partial charge in [-0.05, 0) is 19.9 Å². The molecule has 0 unspecified atom stereocenters. The van der Waals surface area contributed by atoms with Crippen molar-refractivity contribution in [3.8, 4) is 0 Å². The zero-order valence-corrected chi connectivity index (χ0v) is 10.6. The lowest BCUT2D eigenvalue weighted by atomic mass is 10.4. The average Bonchev–Trinajstić information content (AvgIpc) is 2.65. The molecule has 0 aliphatic heterocycles. The molecule has 0 aliphatic carbocycles. The minimum atomic E-state index is -0.872. The van der Waals surface area contributed by atoms with Gasteiger partial charge < -0.3 is 14.7 Å². The van der Waals surface area contributed by atoms with E-state index in [0.717, 1.165) is 12.2 Å². The van der Waals surface area contributed by atoms with E-state index in [-0.39, 0.29) is 6.10 Å². The monoisotopic (exact) mass is 243 g/mol. The van der Waals surface area contributed by atoms with Crippen LogP contribution in [0.25, 0.3) is 0 Å². The maximum atomic E-state index is 10.7. The molecular weight excluding hydrogens is 226 g/mol. The number of nitrogens with zero attached hydrogens (tertiary/aromatic N) is 1. The lowest BCUT2D eigenvalue weighted by Gasteiger charge is -2.18. The minimum absolute atomic E-state index is 0.227. The summed E-state index contributed by atoms with van der Waals surface area (Å²) < 4.78 is 5.43. The Labute approximate surface area is 99.5 Å². The van der Waals surface area contributed by atoms with Crippen molar-refractivity contribution >= 4 is 23.0 Å². The number of likely N-dealkylation sites (N-methyl/N-ethyl adjacent to an activating group) is 1. The molecule has 1 aromatic rings. The molecule has 16 heavy (non-hydrogen) atoms. The van der Waals surface area contributed by atoms with E-state index >= 15 is 0 Å². The van der Waals surface area contributed by atoms with Crippen molar-refractivity contribution in [3.63, 3.8) is 0 Å². The quantitative estimate of drug-likeness (QED) is 0.833. The number of hydrogen-bond acceptors (Lipinski definition) is 4. The van der Waals surface area contributed by atoms with E-state index in [9.17, 15) is 4.79 Å². The Balaban J connectivity index is 2.46. The van der Waals surface area contributed by atoms with E-state index in [0.29, 0.717) is 11.5 Å². The molecule has 0 saturated carbocycles. The fourth-order valence-electron chi connectivity index (χ4n) is 1.19. The second-order valence-electron chi connectivity index (χ2n) is 3.82. The lowest BCUT2D eigenvalue weighted by molar-refractivity contribution is 0.0702. The Bertz CT molecular complexity index is 349. The van der Waals surface area contributed by atoms with Gasteiger partial charge in [-0.15, -0.1) is 11.3 Å². The molecule has 4 nitrogen and oxygen atoms in total. The van der Waals surface area contributed by atoms with Crippen molar-refractivity contribution in [2.45, 2.75) is 20.0 Å². The summed E-state index contributed by atoms with van der Waals surface area (Å²) in [7, 11) is 1.93. The van der Waals surface area contributed by atoms with Crippen LogP contribution < -0.4 is 4.90 Å². The number of aromatic carboxylic acids is 1. The third kappa shape index (κ3) is 3.83. The molecular formula is C11H17NO3S. The molecule has 1 N–H and O–H groups in total. The molecule has 1 rings (SSSR count). The van der Waals surface area contributed by atoms with E-state index in [1.165, 1.54) is 11.3 Å². The summed E-state index contributed by atoms with van der Waals surface area (Å²) in [4.78, 5) is 13.1. The Morgan fingerprint density at radius 1 is 1.62 bits per heavy atom. The predicted molar refractivity (Wildman–Crippen MR) is 65.6 cm³/mol. The van der Waals surface area contributed by atoms with Gasteiger partial charge in [0.2, 0.25) is 0 Å². The molecule has 5 heteroatoms. The molecule has 0 radical (unpaired) electrons. The molecule has 0 bridgehead atoms. The molecule has 0 saturated heterocycles. The largest absolute Gasteiger partial charge is 0.477 e. The molecule has 1 aromatic heterocycles. The molecule has 0 fully saturated rings. The molecule has 0 amide bonds. The maximum Gasteiger partial charge on any atom is 0.345 e. The second-order valence-corrected chi connectivity index (χ2v) is 4.73. The van der Waals surface area contributed by atoms with Gasteiger partial charge in [-0.1, -0.05) is 0 Å². The maximum absolute atomic E-state index is 10.7. The summed E-state index contributed by atoms with van der Waals surface area (Å²) in [6.45, 7) is 5.39. The summed E-state index contributed by atoms with van der Waals surface area (Å²) in [6, 6.07) is 1.68. The number of carboxylic acid groups (broad SMARTS) is 1. The molecule has 0 atom stereocenters. The molecule has 90 valence electrons.